The molecule has 0 aliphatic rings. The van der Waals surface area contributed by atoms with Gasteiger partial charge in [-0.3, -0.25) is 14.4 Å². The predicted octanol–water partition coefficient (Wildman–Crippen LogP) is 17.0. The summed E-state index contributed by atoms with van der Waals surface area (Å²) in [4.78, 5) is 37.9. The number of carbonyl (C=O) groups is 3. The molecular weight excluding hydrogens is 781 g/mol. The van der Waals surface area contributed by atoms with E-state index < -0.39 is 6.10 Å². The second-order valence-corrected chi connectivity index (χ2v) is 16.7. The van der Waals surface area contributed by atoms with Gasteiger partial charge < -0.3 is 14.2 Å². The third kappa shape index (κ3) is 49.2. The van der Waals surface area contributed by atoms with E-state index in [4.69, 9.17) is 14.2 Å². The Kier molecular flexibility index (Phi) is 48.0. The smallest absolute Gasteiger partial charge is 0.306 e. The monoisotopic (exact) mass is 875 g/mol. The Morgan fingerprint density at radius 1 is 0.333 bits per heavy atom. The Bertz CT molecular complexity index is 1280. The van der Waals surface area contributed by atoms with E-state index in [1.807, 2.05) is 0 Å². The van der Waals surface area contributed by atoms with Crippen molar-refractivity contribution in [2.24, 2.45) is 0 Å². The van der Waals surface area contributed by atoms with Crippen LogP contribution in [-0.4, -0.2) is 37.2 Å². The molecule has 0 bridgehead atoms. The summed E-state index contributed by atoms with van der Waals surface area (Å²) in [5.41, 5.74) is 0. The molecule has 0 radical (unpaired) electrons. The normalized spacial score (nSPS) is 12.9. The van der Waals surface area contributed by atoms with Crippen LogP contribution in [-0.2, 0) is 28.6 Å². The zero-order valence-corrected chi connectivity index (χ0v) is 40.8. The van der Waals surface area contributed by atoms with Gasteiger partial charge >= 0.3 is 17.9 Å². The van der Waals surface area contributed by atoms with Crippen molar-refractivity contribution in [3.05, 3.63) is 97.2 Å². The minimum atomic E-state index is -0.819. The lowest BCUT2D eigenvalue weighted by Gasteiger charge is -2.18. The van der Waals surface area contributed by atoms with Gasteiger partial charge in [0, 0.05) is 19.3 Å². The largest absolute Gasteiger partial charge is 0.462 e. The SMILES string of the molecule is CC/C=C\C/C=C\C/C=C\C/C=C\CCCCC(=O)OC[C@H](COC(=O)CCC/C=C\C/C=C\C/C=C\CCCCCCCC)OC(=O)CCCCCCC/C=C\CCCCCC. The van der Waals surface area contributed by atoms with Gasteiger partial charge in [-0.05, 0) is 116 Å². The van der Waals surface area contributed by atoms with E-state index in [0.717, 1.165) is 89.9 Å². The highest BCUT2D eigenvalue weighted by molar-refractivity contribution is 5.71. The van der Waals surface area contributed by atoms with E-state index in [2.05, 4.69) is 118 Å². The minimum Gasteiger partial charge on any atom is -0.462 e. The van der Waals surface area contributed by atoms with Gasteiger partial charge in [-0.15, -0.1) is 0 Å². The van der Waals surface area contributed by atoms with Crippen molar-refractivity contribution in [3.63, 3.8) is 0 Å². The van der Waals surface area contributed by atoms with Crippen LogP contribution in [0.4, 0.5) is 0 Å². The quantitative estimate of drug-likeness (QED) is 0.0262. The highest BCUT2D eigenvalue weighted by Gasteiger charge is 2.19. The standard InChI is InChI=1S/C57H94O6/c1-4-7-10-13-16-19-22-25-27-28-30-33-35-38-41-44-47-50-56(59)62-53-54(63-57(60)51-48-45-42-39-36-31-24-21-18-15-12-9-6-3)52-61-55(58)49-46-43-40-37-34-32-29-26-23-20-17-14-11-8-5-2/h8,11,17,20-21,24-27,29-30,33-34,37-38,41,54H,4-7,9-10,12-16,18-19,22-23,28,31-32,35-36,39-40,42-53H2,1-3H3/b11-8-,20-17-,24-21-,27-25-,29-26-,33-30-,37-34-,41-38-/t54-/m1/s1. The van der Waals surface area contributed by atoms with E-state index in [1.54, 1.807) is 0 Å². The fourth-order valence-electron chi connectivity index (χ4n) is 6.68. The molecule has 0 unspecified atom stereocenters. The number of esters is 3. The second kappa shape index (κ2) is 51.0. The summed E-state index contributed by atoms with van der Waals surface area (Å²) in [5, 5.41) is 0. The van der Waals surface area contributed by atoms with Crippen molar-refractivity contribution < 1.29 is 28.6 Å². The predicted molar refractivity (Wildman–Crippen MR) is 270 cm³/mol. The van der Waals surface area contributed by atoms with Gasteiger partial charge in [0.1, 0.15) is 13.2 Å². The Hall–Kier alpha value is -3.67. The van der Waals surface area contributed by atoms with Gasteiger partial charge in [-0.25, -0.2) is 0 Å². The molecule has 0 aromatic heterocycles. The zero-order chi connectivity index (χ0) is 45.8. The van der Waals surface area contributed by atoms with Gasteiger partial charge in [0.15, 0.2) is 6.10 Å². The van der Waals surface area contributed by atoms with Crippen LogP contribution in [0.5, 0.6) is 0 Å². The van der Waals surface area contributed by atoms with Crippen molar-refractivity contribution in [2.75, 3.05) is 13.2 Å². The van der Waals surface area contributed by atoms with Crippen molar-refractivity contribution in [1.29, 1.82) is 0 Å². The zero-order valence-electron chi connectivity index (χ0n) is 40.8. The molecule has 0 N–H and O–H groups in total. The molecule has 0 rings (SSSR count). The van der Waals surface area contributed by atoms with Crippen LogP contribution in [0.2, 0.25) is 0 Å². The first kappa shape index (κ1) is 59.3. The van der Waals surface area contributed by atoms with E-state index >= 15 is 0 Å². The topological polar surface area (TPSA) is 78.9 Å². The summed E-state index contributed by atoms with van der Waals surface area (Å²) >= 11 is 0. The van der Waals surface area contributed by atoms with Crippen LogP contribution in [0.1, 0.15) is 226 Å². The number of allylic oxidation sites excluding steroid dienone is 16. The molecule has 0 amide bonds. The van der Waals surface area contributed by atoms with Crippen molar-refractivity contribution in [3.8, 4) is 0 Å². The molecule has 0 heterocycles. The first-order chi connectivity index (χ1) is 31.0. The maximum atomic E-state index is 12.8. The summed E-state index contributed by atoms with van der Waals surface area (Å²) in [7, 11) is 0. The molecule has 358 valence electrons. The van der Waals surface area contributed by atoms with Crippen LogP contribution in [0, 0.1) is 0 Å². The molecule has 0 aromatic carbocycles. The van der Waals surface area contributed by atoms with Crippen molar-refractivity contribution >= 4 is 17.9 Å². The molecule has 0 aliphatic carbocycles. The lowest BCUT2D eigenvalue weighted by atomic mass is 10.1. The number of ether oxygens (including phenoxy) is 3. The number of hydrogen-bond donors (Lipinski definition) is 0. The summed E-state index contributed by atoms with van der Waals surface area (Å²) in [6, 6.07) is 0. The molecule has 0 aliphatic heterocycles. The maximum Gasteiger partial charge on any atom is 0.306 e. The van der Waals surface area contributed by atoms with E-state index in [9.17, 15) is 14.4 Å². The number of rotatable bonds is 45. The summed E-state index contributed by atoms with van der Waals surface area (Å²) in [5.74, 6) is -1.02. The number of carbonyl (C=O) groups excluding carboxylic acids is 3. The lowest BCUT2D eigenvalue weighted by molar-refractivity contribution is -0.167. The fraction of sp³-hybridized carbons (Fsp3) is 0.667. The molecule has 0 saturated carbocycles. The minimum absolute atomic E-state index is 0.119. The Balaban J connectivity index is 4.54. The Labute approximate surface area is 387 Å². The van der Waals surface area contributed by atoms with E-state index in [1.165, 1.54) is 83.5 Å². The van der Waals surface area contributed by atoms with Crippen LogP contribution >= 0.6 is 0 Å². The molecule has 0 saturated heterocycles. The van der Waals surface area contributed by atoms with Crippen LogP contribution in [0.25, 0.3) is 0 Å². The summed E-state index contributed by atoms with van der Waals surface area (Å²) in [6.07, 6.45) is 66.8. The maximum absolute atomic E-state index is 12.8. The lowest BCUT2D eigenvalue weighted by Crippen LogP contribution is -2.30. The molecule has 1 atom stereocenters. The molecule has 63 heavy (non-hydrogen) atoms. The summed E-state index contributed by atoms with van der Waals surface area (Å²) < 4.78 is 16.7. The van der Waals surface area contributed by atoms with E-state index in [-0.39, 0.29) is 37.5 Å². The van der Waals surface area contributed by atoms with Crippen LogP contribution in [0.3, 0.4) is 0 Å². The van der Waals surface area contributed by atoms with Crippen molar-refractivity contribution in [1.82, 2.24) is 0 Å². The third-order valence-corrected chi connectivity index (χ3v) is 10.5. The Morgan fingerprint density at radius 3 is 1.10 bits per heavy atom. The first-order valence-electron chi connectivity index (χ1n) is 25.7. The van der Waals surface area contributed by atoms with Gasteiger partial charge in [-0.2, -0.15) is 0 Å². The molecule has 0 fully saturated rings. The third-order valence-electron chi connectivity index (χ3n) is 10.5. The van der Waals surface area contributed by atoms with Gasteiger partial charge in [0.25, 0.3) is 0 Å². The average Bonchev–Trinajstić information content (AvgIpc) is 3.28. The average molecular weight is 875 g/mol. The van der Waals surface area contributed by atoms with Crippen molar-refractivity contribution in [2.45, 2.75) is 232 Å². The number of hydrogen-bond acceptors (Lipinski definition) is 6. The summed E-state index contributed by atoms with van der Waals surface area (Å²) in [6.45, 7) is 6.40. The van der Waals surface area contributed by atoms with E-state index in [0.29, 0.717) is 25.7 Å². The molecule has 6 nitrogen and oxygen atoms in total. The highest BCUT2D eigenvalue weighted by Crippen LogP contribution is 2.12. The molecule has 0 aromatic rings. The highest BCUT2D eigenvalue weighted by atomic mass is 16.6. The van der Waals surface area contributed by atoms with Gasteiger partial charge in [-0.1, -0.05) is 189 Å². The Morgan fingerprint density at radius 2 is 0.635 bits per heavy atom. The molecule has 0 spiro atoms. The van der Waals surface area contributed by atoms with Crippen LogP contribution < -0.4 is 0 Å². The first-order valence-corrected chi connectivity index (χ1v) is 25.7. The number of unbranched alkanes of at least 4 members (excludes halogenated alkanes) is 18. The molecular formula is C57H94O6. The second-order valence-electron chi connectivity index (χ2n) is 16.7. The van der Waals surface area contributed by atoms with Crippen LogP contribution in [0.15, 0.2) is 97.2 Å². The fourth-order valence-corrected chi connectivity index (χ4v) is 6.68. The molecule has 6 heteroatoms. The van der Waals surface area contributed by atoms with Gasteiger partial charge in [0.2, 0.25) is 0 Å². The van der Waals surface area contributed by atoms with Gasteiger partial charge in [0.05, 0.1) is 0 Å².